The zero-order valence-corrected chi connectivity index (χ0v) is 15.5. The number of carbonyl (C=O) groups excluding carboxylic acids is 2. The fourth-order valence-corrected chi connectivity index (χ4v) is 3.20. The molecule has 1 atom stereocenters. The number of rotatable bonds is 5. The predicted molar refractivity (Wildman–Crippen MR) is 106 cm³/mol. The van der Waals surface area contributed by atoms with Crippen molar-refractivity contribution in [3.8, 4) is 0 Å². The molecule has 4 aromatic rings. The summed E-state index contributed by atoms with van der Waals surface area (Å²) in [7, 11) is 0. The van der Waals surface area contributed by atoms with E-state index in [4.69, 9.17) is 5.73 Å². The Morgan fingerprint density at radius 3 is 2.69 bits per heavy atom. The van der Waals surface area contributed by atoms with Crippen molar-refractivity contribution in [1.29, 1.82) is 0 Å². The number of nitrogens with one attached hydrogen (secondary N) is 1. The molecule has 2 heterocycles. The van der Waals surface area contributed by atoms with Crippen LogP contribution in [-0.2, 0) is 4.79 Å². The second kappa shape index (κ2) is 7.27. The zero-order chi connectivity index (χ0) is 20.5. The van der Waals surface area contributed by atoms with Crippen molar-refractivity contribution in [2.45, 2.75) is 13.0 Å². The highest BCUT2D eigenvalue weighted by Gasteiger charge is 2.20. The summed E-state index contributed by atoms with van der Waals surface area (Å²) in [6, 6.07) is 8.73. The first-order chi connectivity index (χ1) is 14.0. The van der Waals surface area contributed by atoms with E-state index < -0.39 is 11.9 Å². The van der Waals surface area contributed by atoms with Crippen LogP contribution in [0.4, 0.5) is 10.2 Å². The summed E-state index contributed by atoms with van der Waals surface area (Å²) in [6.45, 7) is 1.44. The van der Waals surface area contributed by atoms with E-state index in [9.17, 15) is 14.0 Å². The molecule has 8 nitrogen and oxygen atoms in total. The highest BCUT2D eigenvalue weighted by Crippen LogP contribution is 2.22. The molecule has 2 aromatic heterocycles. The average Bonchev–Trinajstić information content (AvgIpc) is 3.17. The summed E-state index contributed by atoms with van der Waals surface area (Å²) in [6.07, 6.45) is 2.75. The normalized spacial score (nSPS) is 12.2. The number of nitrogens with two attached hydrogens (primary N) is 1. The number of hydrogen-bond acceptors (Lipinski definition) is 6. The molecular formula is C20H17FN6O2. The lowest BCUT2D eigenvalue weighted by molar-refractivity contribution is -0.123. The molecule has 2 aromatic carbocycles. The van der Waals surface area contributed by atoms with Crippen molar-refractivity contribution in [3.05, 3.63) is 60.4 Å². The molecule has 1 amide bonds. The number of imidazole rings is 1. The summed E-state index contributed by atoms with van der Waals surface area (Å²) in [5.41, 5.74) is 6.95. The number of amides is 1. The highest BCUT2D eigenvalue weighted by molar-refractivity contribution is 6.10. The molecule has 0 aliphatic heterocycles. The number of ketones is 1. The van der Waals surface area contributed by atoms with Gasteiger partial charge in [-0.3, -0.25) is 9.59 Å². The summed E-state index contributed by atoms with van der Waals surface area (Å²) in [5.74, 6) is -0.882. The summed E-state index contributed by atoms with van der Waals surface area (Å²) in [4.78, 5) is 37.3. The fraction of sp³-hybridized carbons (Fsp3) is 0.150. The lowest BCUT2D eigenvalue weighted by atomic mass is 10.0. The van der Waals surface area contributed by atoms with Crippen LogP contribution in [0.3, 0.4) is 0 Å². The molecular weight excluding hydrogens is 375 g/mol. The van der Waals surface area contributed by atoms with E-state index in [1.807, 2.05) is 0 Å². The topological polar surface area (TPSA) is 116 Å². The van der Waals surface area contributed by atoms with Crippen LogP contribution < -0.4 is 11.1 Å². The molecule has 0 spiro atoms. The lowest BCUT2D eigenvalue weighted by Gasteiger charge is -2.14. The quantitative estimate of drug-likeness (QED) is 0.503. The molecule has 9 heteroatoms. The van der Waals surface area contributed by atoms with E-state index in [0.29, 0.717) is 27.5 Å². The third-order valence-corrected chi connectivity index (χ3v) is 4.78. The summed E-state index contributed by atoms with van der Waals surface area (Å²) in [5, 5.41) is 3.49. The van der Waals surface area contributed by atoms with Gasteiger partial charge in [0.2, 0.25) is 5.91 Å². The van der Waals surface area contributed by atoms with Crippen LogP contribution in [0.25, 0.3) is 21.9 Å². The van der Waals surface area contributed by atoms with Crippen molar-refractivity contribution in [2.24, 2.45) is 0 Å². The number of hydrogen-bond donors (Lipinski definition) is 2. The molecule has 0 bridgehead atoms. The first-order valence-electron chi connectivity index (χ1n) is 8.88. The highest BCUT2D eigenvalue weighted by atomic mass is 19.1. The van der Waals surface area contributed by atoms with Gasteiger partial charge in [-0.05, 0) is 24.4 Å². The standard InChI is InChI=1S/C20H17FN6O2/c1-11(27-10-26-17-18(22)24-9-25-19(17)27)20(29)23-8-16(28)14-6-7-15(21)13-5-3-2-4-12(13)14/h2-7,9-11H,8H2,1H3,(H,23,29)(H2,22,24,25). The van der Waals surface area contributed by atoms with Gasteiger partial charge in [-0.15, -0.1) is 0 Å². The molecule has 146 valence electrons. The minimum atomic E-state index is -0.674. The number of anilines is 1. The van der Waals surface area contributed by atoms with Crippen LogP contribution >= 0.6 is 0 Å². The minimum Gasteiger partial charge on any atom is -0.382 e. The van der Waals surface area contributed by atoms with Gasteiger partial charge in [0.15, 0.2) is 17.2 Å². The number of halogens is 1. The predicted octanol–water partition coefficient (Wildman–Crippen LogP) is 2.26. The van der Waals surface area contributed by atoms with E-state index in [-0.39, 0.29) is 24.1 Å². The van der Waals surface area contributed by atoms with Gasteiger partial charge in [-0.1, -0.05) is 24.3 Å². The molecule has 0 aliphatic rings. The fourth-order valence-electron chi connectivity index (χ4n) is 3.20. The number of aromatic nitrogens is 4. The van der Waals surface area contributed by atoms with Crippen molar-refractivity contribution >= 4 is 39.4 Å². The van der Waals surface area contributed by atoms with Gasteiger partial charge in [0, 0.05) is 10.9 Å². The minimum absolute atomic E-state index is 0.220. The third-order valence-electron chi connectivity index (χ3n) is 4.78. The monoisotopic (exact) mass is 392 g/mol. The number of nitrogen functional groups attached to an aromatic ring is 1. The number of benzene rings is 2. The van der Waals surface area contributed by atoms with Gasteiger partial charge in [0.05, 0.1) is 12.9 Å². The lowest BCUT2D eigenvalue weighted by Crippen LogP contribution is -2.34. The molecule has 0 saturated carbocycles. The van der Waals surface area contributed by atoms with Crippen LogP contribution in [0.1, 0.15) is 23.3 Å². The van der Waals surface area contributed by atoms with Crippen LogP contribution in [0.15, 0.2) is 49.1 Å². The summed E-state index contributed by atoms with van der Waals surface area (Å²) >= 11 is 0. The molecule has 0 fully saturated rings. The molecule has 0 aliphatic carbocycles. The van der Waals surface area contributed by atoms with Crippen LogP contribution in [0.5, 0.6) is 0 Å². The van der Waals surface area contributed by atoms with E-state index in [1.165, 1.54) is 24.8 Å². The molecule has 0 saturated heterocycles. The molecule has 0 radical (unpaired) electrons. The second-order valence-corrected chi connectivity index (χ2v) is 6.54. The van der Waals surface area contributed by atoms with Gasteiger partial charge in [0.1, 0.15) is 23.7 Å². The van der Waals surface area contributed by atoms with Gasteiger partial charge in [-0.25, -0.2) is 19.3 Å². The molecule has 1 unspecified atom stereocenters. The number of carbonyl (C=O) groups is 2. The van der Waals surface area contributed by atoms with Gasteiger partial charge in [-0.2, -0.15) is 0 Å². The van der Waals surface area contributed by atoms with Gasteiger partial charge < -0.3 is 15.6 Å². The SMILES string of the molecule is CC(C(=O)NCC(=O)c1ccc(F)c2ccccc12)n1cnc2c(N)ncnc21. The summed E-state index contributed by atoms with van der Waals surface area (Å²) < 4.78 is 15.5. The van der Waals surface area contributed by atoms with E-state index in [0.717, 1.165) is 0 Å². The van der Waals surface area contributed by atoms with E-state index in [1.54, 1.807) is 35.8 Å². The Labute approximate surface area is 164 Å². The first-order valence-corrected chi connectivity index (χ1v) is 8.88. The Balaban J connectivity index is 1.52. The zero-order valence-electron chi connectivity index (χ0n) is 15.5. The van der Waals surface area contributed by atoms with Gasteiger partial charge >= 0.3 is 0 Å². The van der Waals surface area contributed by atoms with Crippen molar-refractivity contribution in [3.63, 3.8) is 0 Å². The smallest absolute Gasteiger partial charge is 0.243 e. The van der Waals surface area contributed by atoms with Crippen LogP contribution in [0, 0.1) is 5.82 Å². The van der Waals surface area contributed by atoms with Crippen molar-refractivity contribution in [2.75, 3.05) is 12.3 Å². The Bertz CT molecular complexity index is 1250. The largest absolute Gasteiger partial charge is 0.382 e. The number of Topliss-reactive ketones (excluding diaryl/α,β-unsaturated/α-hetero) is 1. The van der Waals surface area contributed by atoms with Crippen molar-refractivity contribution in [1.82, 2.24) is 24.8 Å². The van der Waals surface area contributed by atoms with E-state index >= 15 is 0 Å². The van der Waals surface area contributed by atoms with Gasteiger partial charge in [0.25, 0.3) is 0 Å². The Morgan fingerprint density at radius 1 is 1.14 bits per heavy atom. The average molecular weight is 392 g/mol. The molecule has 4 rings (SSSR count). The first kappa shape index (κ1) is 18.5. The second-order valence-electron chi connectivity index (χ2n) is 6.54. The maximum Gasteiger partial charge on any atom is 0.243 e. The maximum absolute atomic E-state index is 14.0. The molecule has 29 heavy (non-hydrogen) atoms. The third kappa shape index (κ3) is 3.27. The van der Waals surface area contributed by atoms with Crippen LogP contribution in [0.2, 0.25) is 0 Å². The van der Waals surface area contributed by atoms with Crippen molar-refractivity contribution < 1.29 is 14.0 Å². The maximum atomic E-state index is 14.0. The number of fused-ring (bicyclic) bond motifs is 2. The number of nitrogens with zero attached hydrogens (tertiary/aromatic N) is 4. The van der Waals surface area contributed by atoms with Crippen LogP contribution in [-0.4, -0.2) is 37.8 Å². The van der Waals surface area contributed by atoms with E-state index in [2.05, 4.69) is 20.3 Å². The Kier molecular flexibility index (Phi) is 4.63. The Morgan fingerprint density at radius 2 is 1.90 bits per heavy atom. The Hall–Kier alpha value is -3.88. The molecule has 3 N–H and O–H groups in total.